The highest BCUT2D eigenvalue weighted by atomic mass is 35.5. The molecule has 3 unspecified atom stereocenters. The van der Waals surface area contributed by atoms with Gasteiger partial charge in [0.25, 0.3) is 0 Å². The van der Waals surface area contributed by atoms with E-state index >= 15 is 0 Å². The molecule has 16 heavy (non-hydrogen) atoms. The molecule has 4 heteroatoms. The van der Waals surface area contributed by atoms with E-state index in [4.69, 9.17) is 11.6 Å². The second kappa shape index (κ2) is 6.38. The van der Waals surface area contributed by atoms with Gasteiger partial charge in [-0.05, 0) is 25.5 Å². The largest absolute Gasteiger partial charge is 0.307 e. The maximum absolute atomic E-state index is 11.1. The van der Waals surface area contributed by atoms with Crippen molar-refractivity contribution < 1.29 is 4.21 Å². The van der Waals surface area contributed by atoms with Crippen LogP contribution in [0.3, 0.4) is 0 Å². The molecule has 0 spiro atoms. The van der Waals surface area contributed by atoms with Crippen LogP contribution < -0.4 is 5.32 Å². The van der Waals surface area contributed by atoms with Crippen molar-refractivity contribution in [2.75, 3.05) is 12.0 Å². The predicted octanol–water partition coefficient (Wildman–Crippen LogP) is 2.76. The minimum absolute atomic E-state index is 0.173. The summed E-state index contributed by atoms with van der Waals surface area (Å²) in [6.07, 6.45) is 1.72. The molecule has 3 atom stereocenters. The fourth-order valence-electron chi connectivity index (χ4n) is 1.74. The van der Waals surface area contributed by atoms with E-state index in [0.717, 1.165) is 10.6 Å². The van der Waals surface area contributed by atoms with E-state index in [9.17, 15) is 4.21 Å². The summed E-state index contributed by atoms with van der Waals surface area (Å²) in [6.45, 7) is 4.10. The molecule has 0 aliphatic heterocycles. The van der Waals surface area contributed by atoms with Crippen LogP contribution in [0.15, 0.2) is 24.3 Å². The van der Waals surface area contributed by atoms with Gasteiger partial charge in [-0.25, -0.2) is 0 Å². The molecule has 0 saturated carbocycles. The van der Waals surface area contributed by atoms with Gasteiger partial charge in [0.05, 0.1) is 0 Å². The molecule has 1 N–H and O–H groups in total. The highest BCUT2D eigenvalue weighted by molar-refractivity contribution is 7.84. The molecule has 1 rings (SSSR count). The van der Waals surface area contributed by atoms with E-state index in [2.05, 4.69) is 12.2 Å². The summed E-state index contributed by atoms with van der Waals surface area (Å²) in [7, 11) is -0.769. The molecule has 0 bridgehead atoms. The quantitative estimate of drug-likeness (QED) is 0.881. The smallest absolute Gasteiger partial charge is 0.0453 e. The molecular weight excluding hydrogens is 242 g/mol. The lowest BCUT2D eigenvalue weighted by atomic mass is 10.1. The Bertz CT molecular complexity index is 370. The summed E-state index contributed by atoms with van der Waals surface area (Å²) >= 11 is 6.11. The van der Waals surface area contributed by atoms with E-state index < -0.39 is 10.8 Å². The fourth-order valence-corrected chi connectivity index (χ4v) is 2.84. The van der Waals surface area contributed by atoms with Crippen molar-refractivity contribution in [2.24, 2.45) is 0 Å². The van der Waals surface area contributed by atoms with Gasteiger partial charge in [0.1, 0.15) is 0 Å². The van der Waals surface area contributed by atoms with Crippen LogP contribution in [-0.2, 0) is 10.8 Å². The van der Waals surface area contributed by atoms with Crippen LogP contribution in [0.5, 0.6) is 0 Å². The Labute approximate surface area is 105 Å². The summed E-state index contributed by atoms with van der Waals surface area (Å²) in [6, 6.07) is 8.18. The van der Waals surface area contributed by atoms with Crippen molar-refractivity contribution in [1.29, 1.82) is 0 Å². The maximum Gasteiger partial charge on any atom is 0.0453 e. The lowest BCUT2D eigenvalue weighted by Gasteiger charge is -2.20. The molecule has 0 saturated heterocycles. The first-order chi connectivity index (χ1) is 7.50. The number of rotatable bonds is 5. The van der Waals surface area contributed by atoms with E-state index in [-0.39, 0.29) is 12.1 Å². The van der Waals surface area contributed by atoms with Crippen LogP contribution >= 0.6 is 11.6 Å². The number of benzene rings is 1. The van der Waals surface area contributed by atoms with Crippen molar-refractivity contribution in [3.05, 3.63) is 34.9 Å². The van der Waals surface area contributed by atoms with Crippen LogP contribution in [0.2, 0.25) is 5.02 Å². The summed E-state index contributed by atoms with van der Waals surface area (Å²) in [4.78, 5) is 0. The lowest BCUT2D eigenvalue weighted by Crippen LogP contribution is -2.33. The van der Waals surface area contributed by atoms with Crippen LogP contribution in [-0.4, -0.2) is 22.3 Å². The number of halogens is 1. The van der Waals surface area contributed by atoms with E-state index in [0.29, 0.717) is 5.75 Å². The molecule has 0 radical (unpaired) electrons. The Hall–Kier alpha value is -0.380. The van der Waals surface area contributed by atoms with Gasteiger partial charge in [0.15, 0.2) is 0 Å². The van der Waals surface area contributed by atoms with Crippen LogP contribution in [0.25, 0.3) is 0 Å². The second-order valence-electron chi connectivity index (χ2n) is 4.05. The highest BCUT2D eigenvalue weighted by Gasteiger charge is 2.12. The zero-order valence-corrected chi connectivity index (χ0v) is 11.4. The predicted molar refractivity (Wildman–Crippen MR) is 71.4 cm³/mol. The Morgan fingerprint density at radius 1 is 1.38 bits per heavy atom. The minimum atomic E-state index is -0.769. The summed E-state index contributed by atoms with van der Waals surface area (Å²) in [5.74, 6) is 0.662. The first-order valence-electron chi connectivity index (χ1n) is 5.31. The van der Waals surface area contributed by atoms with Gasteiger partial charge in [-0.3, -0.25) is 4.21 Å². The second-order valence-corrected chi connectivity index (χ2v) is 5.94. The van der Waals surface area contributed by atoms with Gasteiger partial charge in [-0.15, -0.1) is 0 Å². The molecular formula is C12H18ClNOS. The number of nitrogens with one attached hydrogen (secondary N) is 1. The van der Waals surface area contributed by atoms with E-state index in [1.807, 2.05) is 31.2 Å². The molecule has 0 aromatic heterocycles. The van der Waals surface area contributed by atoms with E-state index in [1.165, 1.54) is 0 Å². The van der Waals surface area contributed by atoms with Crippen LogP contribution in [0, 0.1) is 0 Å². The van der Waals surface area contributed by atoms with Crippen molar-refractivity contribution in [1.82, 2.24) is 5.32 Å². The van der Waals surface area contributed by atoms with Gasteiger partial charge in [0, 0.05) is 39.9 Å². The van der Waals surface area contributed by atoms with Gasteiger partial charge in [-0.2, -0.15) is 0 Å². The van der Waals surface area contributed by atoms with Gasteiger partial charge in [0.2, 0.25) is 0 Å². The first-order valence-corrected chi connectivity index (χ1v) is 7.41. The molecule has 0 heterocycles. The fraction of sp³-hybridized carbons (Fsp3) is 0.500. The number of hydrogen-bond acceptors (Lipinski definition) is 2. The zero-order valence-electron chi connectivity index (χ0n) is 9.87. The lowest BCUT2D eigenvalue weighted by molar-refractivity contribution is 0.508. The maximum atomic E-state index is 11.1. The molecule has 0 amide bonds. The topological polar surface area (TPSA) is 29.1 Å². The van der Waals surface area contributed by atoms with Crippen LogP contribution in [0.1, 0.15) is 25.5 Å². The molecule has 2 nitrogen and oxygen atoms in total. The van der Waals surface area contributed by atoms with Crippen molar-refractivity contribution >= 4 is 22.4 Å². The zero-order chi connectivity index (χ0) is 12.1. The Kier molecular flexibility index (Phi) is 5.46. The molecule has 0 fully saturated rings. The summed E-state index contributed by atoms with van der Waals surface area (Å²) in [5, 5.41) is 4.16. The monoisotopic (exact) mass is 259 g/mol. The van der Waals surface area contributed by atoms with Crippen molar-refractivity contribution in [2.45, 2.75) is 25.9 Å². The minimum Gasteiger partial charge on any atom is -0.307 e. The summed E-state index contributed by atoms with van der Waals surface area (Å²) < 4.78 is 11.1. The molecule has 0 aliphatic rings. The average molecular weight is 260 g/mol. The molecule has 1 aromatic carbocycles. The van der Waals surface area contributed by atoms with Crippen LogP contribution in [0.4, 0.5) is 0 Å². The molecule has 1 aromatic rings. The third kappa shape index (κ3) is 4.24. The Morgan fingerprint density at radius 3 is 2.56 bits per heavy atom. The van der Waals surface area contributed by atoms with Gasteiger partial charge < -0.3 is 5.32 Å². The SMILES string of the molecule is CC(CS(C)=O)NC(C)c1ccccc1Cl. The Morgan fingerprint density at radius 2 is 2.00 bits per heavy atom. The third-order valence-electron chi connectivity index (χ3n) is 2.39. The molecule has 0 aliphatic carbocycles. The number of hydrogen-bond donors (Lipinski definition) is 1. The van der Waals surface area contributed by atoms with E-state index in [1.54, 1.807) is 6.26 Å². The normalized spacial score (nSPS) is 16.8. The average Bonchev–Trinajstić information content (AvgIpc) is 2.16. The van der Waals surface area contributed by atoms with Crippen molar-refractivity contribution in [3.8, 4) is 0 Å². The molecule has 90 valence electrons. The van der Waals surface area contributed by atoms with Crippen molar-refractivity contribution in [3.63, 3.8) is 0 Å². The third-order valence-corrected chi connectivity index (χ3v) is 3.70. The first kappa shape index (κ1) is 13.7. The Balaban J connectivity index is 2.62. The van der Waals surface area contributed by atoms with Gasteiger partial charge in [-0.1, -0.05) is 29.8 Å². The standard InChI is InChI=1S/C12H18ClNOS/c1-9(8-16(3)15)14-10(2)11-6-4-5-7-12(11)13/h4-7,9-10,14H,8H2,1-3H3. The highest BCUT2D eigenvalue weighted by Crippen LogP contribution is 2.22. The summed E-state index contributed by atoms with van der Waals surface area (Å²) in [5.41, 5.74) is 1.08. The van der Waals surface area contributed by atoms with Gasteiger partial charge >= 0.3 is 0 Å².